The first-order chi connectivity index (χ1) is 15.9. The van der Waals surface area contributed by atoms with Crippen LogP contribution in [0.25, 0.3) is 16.5 Å². The van der Waals surface area contributed by atoms with Gasteiger partial charge in [0.15, 0.2) is 0 Å². The van der Waals surface area contributed by atoms with Crippen LogP contribution in [-0.4, -0.2) is 32.8 Å². The molecule has 0 radical (unpaired) electrons. The molecular formula is C25H24N4O4. The molecule has 0 unspecified atom stereocenters. The van der Waals surface area contributed by atoms with Crippen LogP contribution in [0.2, 0.25) is 0 Å². The number of hydrogen-bond donors (Lipinski definition) is 1. The lowest BCUT2D eigenvalue weighted by atomic mass is 10.2. The molecule has 0 saturated carbocycles. The fourth-order valence-electron chi connectivity index (χ4n) is 3.88. The normalized spacial score (nSPS) is 10.9. The second-order valence-corrected chi connectivity index (χ2v) is 7.59. The monoisotopic (exact) mass is 444 g/mol. The number of ether oxygens (including phenoxy) is 1. The molecule has 8 nitrogen and oxygen atoms in total. The van der Waals surface area contributed by atoms with E-state index in [1.165, 1.54) is 4.68 Å². The molecule has 2 heterocycles. The number of anilines is 1. The van der Waals surface area contributed by atoms with Crippen LogP contribution in [0.3, 0.4) is 0 Å². The van der Waals surface area contributed by atoms with Crippen LogP contribution in [0.1, 0.15) is 28.7 Å². The lowest BCUT2D eigenvalue weighted by molar-refractivity contribution is -0.116. The maximum atomic E-state index is 13.2. The number of amides is 1. The van der Waals surface area contributed by atoms with Crippen LogP contribution in [0, 0.1) is 13.8 Å². The Bertz CT molecular complexity index is 1400. The van der Waals surface area contributed by atoms with Crippen molar-refractivity contribution < 1.29 is 14.3 Å². The number of nitrogens with one attached hydrogen (secondary N) is 1. The molecule has 33 heavy (non-hydrogen) atoms. The maximum absolute atomic E-state index is 13.2. The van der Waals surface area contributed by atoms with E-state index in [2.05, 4.69) is 10.4 Å². The number of nitrogens with zero attached hydrogens (tertiary/aromatic N) is 3. The minimum atomic E-state index is -0.445. The van der Waals surface area contributed by atoms with Gasteiger partial charge in [-0.25, -0.2) is 4.79 Å². The van der Waals surface area contributed by atoms with Crippen molar-refractivity contribution in [1.29, 1.82) is 0 Å². The predicted molar refractivity (Wildman–Crippen MR) is 126 cm³/mol. The molecule has 2 aromatic heterocycles. The summed E-state index contributed by atoms with van der Waals surface area (Å²) in [5.74, 6) is -0.724. The molecule has 0 aliphatic carbocycles. The van der Waals surface area contributed by atoms with Crippen LogP contribution in [0.5, 0.6) is 0 Å². The summed E-state index contributed by atoms with van der Waals surface area (Å²) in [5, 5.41) is 8.38. The van der Waals surface area contributed by atoms with E-state index in [-0.39, 0.29) is 24.6 Å². The Kier molecular flexibility index (Phi) is 6.08. The highest BCUT2D eigenvalue weighted by Gasteiger charge is 2.18. The molecule has 168 valence electrons. The van der Waals surface area contributed by atoms with E-state index in [4.69, 9.17) is 4.74 Å². The Balaban J connectivity index is 1.62. The summed E-state index contributed by atoms with van der Waals surface area (Å²) >= 11 is 0. The predicted octanol–water partition coefficient (Wildman–Crippen LogP) is 3.62. The van der Waals surface area contributed by atoms with Crippen LogP contribution in [-0.2, 0) is 16.1 Å². The van der Waals surface area contributed by atoms with Crippen molar-refractivity contribution in [2.24, 2.45) is 0 Å². The van der Waals surface area contributed by atoms with E-state index in [0.29, 0.717) is 33.4 Å². The zero-order valence-electron chi connectivity index (χ0n) is 18.7. The van der Waals surface area contributed by atoms with E-state index < -0.39 is 5.97 Å². The standard InChI is InChI=1S/C25H24N4O4/c1-4-33-25(32)18-9-8-10-19(13-18)27-22(30)15-28-16(2)21-14-26-29(20-11-6-5-7-12-20)24(31)23(21)17(28)3/h5-14H,4,15H2,1-3H3,(H,27,30). The molecule has 0 aliphatic heterocycles. The van der Waals surface area contributed by atoms with Crippen molar-refractivity contribution in [1.82, 2.24) is 14.3 Å². The summed E-state index contributed by atoms with van der Waals surface area (Å²) in [7, 11) is 0. The van der Waals surface area contributed by atoms with Gasteiger partial charge in [-0.1, -0.05) is 24.3 Å². The largest absolute Gasteiger partial charge is 0.462 e. The van der Waals surface area contributed by atoms with Crippen molar-refractivity contribution in [3.63, 3.8) is 0 Å². The lowest BCUT2D eigenvalue weighted by Gasteiger charge is -2.11. The first-order valence-electron chi connectivity index (χ1n) is 10.6. The number of rotatable bonds is 6. The second-order valence-electron chi connectivity index (χ2n) is 7.59. The molecular weight excluding hydrogens is 420 g/mol. The summed E-state index contributed by atoms with van der Waals surface area (Å²) in [5.41, 5.74) is 2.76. The number of aromatic nitrogens is 3. The Labute approximate surface area is 190 Å². The molecule has 4 aromatic rings. The third-order valence-corrected chi connectivity index (χ3v) is 5.50. The van der Waals surface area contributed by atoms with Crippen LogP contribution in [0.15, 0.2) is 65.6 Å². The smallest absolute Gasteiger partial charge is 0.338 e. The third-order valence-electron chi connectivity index (χ3n) is 5.50. The lowest BCUT2D eigenvalue weighted by Crippen LogP contribution is -2.22. The van der Waals surface area contributed by atoms with E-state index in [1.54, 1.807) is 42.0 Å². The summed E-state index contributed by atoms with van der Waals surface area (Å²) in [6, 6.07) is 15.8. The van der Waals surface area contributed by atoms with Crippen molar-refractivity contribution in [3.05, 3.63) is 88.1 Å². The van der Waals surface area contributed by atoms with Crippen molar-refractivity contribution in [2.75, 3.05) is 11.9 Å². The molecule has 1 N–H and O–H groups in total. The molecule has 4 rings (SSSR count). The number of fused-ring (bicyclic) bond motifs is 1. The van der Waals surface area contributed by atoms with Crippen LogP contribution in [0.4, 0.5) is 5.69 Å². The average molecular weight is 444 g/mol. The van der Waals surface area contributed by atoms with E-state index >= 15 is 0 Å². The molecule has 0 aliphatic rings. The number of para-hydroxylation sites is 1. The fourth-order valence-corrected chi connectivity index (χ4v) is 3.88. The number of aryl methyl sites for hydroxylation is 2. The number of carbonyl (C=O) groups is 2. The van der Waals surface area contributed by atoms with Gasteiger partial charge >= 0.3 is 5.97 Å². The van der Waals surface area contributed by atoms with Gasteiger partial charge in [0.2, 0.25) is 5.91 Å². The number of carbonyl (C=O) groups excluding carboxylic acids is 2. The van der Waals surface area contributed by atoms with Gasteiger partial charge in [-0.05, 0) is 51.1 Å². The van der Waals surface area contributed by atoms with E-state index in [1.807, 2.05) is 44.2 Å². The number of benzene rings is 2. The van der Waals surface area contributed by atoms with E-state index in [9.17, 15) is 14.4 Å². The minimum absolute atomic E-state index is 0.0146. The molecule has 8 heteroatoms. The van der Waals surface area contributed by atoms with Crippen molar-refractivity contribution in [3.8, 4) is 5.69 Å². The van der Waals surface area contributed by atoms with Gasteiger partial charge in [0.25, 0.3) is 5.56 Å². The summed E-state index contributed by atoms with van der Waals surface area (Å²) < 4.78 is 8.17. The van der Waals surface area contributed by atoms with Gasteiger partial charge in [0, 0.05) is 22.5 Å². The summed E-state index contributed by atoms with van der Waals surface area (Å²) in [4.78, 5) is 37.9. The second kappa shape index (κ2) is 9.12. The molecule has 0 spiro atoms. The topological polar surface area (TPSA) is 95.2 Å². The molecule has 0 bridgehead atoms. The highest BCUT2D eigenvalue weighted by molar-refractivity contribution is 5.95. The van der Waals surface area contributed by atoms with Crippen molar-refractivity contribution in [2.45, 2.75) is 27.3 Å². The molecule has 0 saturated heterocycles. The molecule has 0 fully saturated rings. The first-order valence-corrected chi connectivity index (χ1v) is 10.6. The van der Waals surface area contributed by atoms with Gasteiger partial charge in [-0.3, -0.25) is 9.59 Å². The zero-order valence-corrected chi connectivity index (χ0v) is 18.7. The van der Waals surface area contributed by atoms with Gasteiger partial charge in [-0.2, -0.15) is 9.78 Å². The van der Waals surface area contributed by atoms with E-state index in [0.717, 1.165) is 5.69 Å². The fraction of sp³-hybridized carbons (Fsp3) is 0.200. The van der Waals surface area contributed by atoms with Gasteiger partial charge < -0.3 is 14.6 Å². The van der Waals surface area contributed by atoms with Gasteiger partial charge in [-0.15, -0.1) is 0 Å². The highest BCUT2D eigenvalue weighted by Crippen LogP contribution is 2.23. The Morgan fingerprint density at radius 1 is 1.03 bits per heavy atom. The number of hydrogen-bond acceptors (Lipinski definition) is 5. The molecule has 2 aromatic carbocycles. The number of esters is 1. The Morgan fingerprint density at radius 3 is 2.52 bits per heavy atom. The summed E-state index contributed by atoms with van der Waals surface area (Å²) in [6.45, 7) is 5.70. The van der Waals surface area contributed by atoms with Crippen LogP contribution >= 0.6 is 0 Å². The minimum Gasteiger partial charge on any atom is -0.462 e. The third kappa shape index (κ3) is 4.27. The molecule has 1 amide bonds. The quantitative estimate of drug-likeness (QED) is 0.459. The SMILES string of the molecule is CCOC(=O)c1cccc(NC(=O)Cn2c(C)c3cnn(-c4ccccc4)c(=O)c3c2C)c1. The zero-order chi connectivity index (χ0) is 23.5. The van der Waals surface area contributed by atoms with Crippen LogP contribution < -0.4 is 10.9 Å². The van der Waals surface area contributed by atoms with Gasteiger partial charge in [0.05, 0.1) is 29.4 Å². The highest BCUT2D eigenvalue weighted by atomic mass is 16.5. The maximum Gasteiger partial charge on any atom is 0.338 e. The first kappa shape index (κ1) is 22.0. The average Bonchev–Trinajstić information content (AvgIpc) is 3.05. The van der Waals surface area contributed by atoms with Gasteiger partial charge in [0.1, 0.15) is 6.54 Å². The summed E-state index contributed by atoms with van der Waals surface area (Å²) in [6.07, 6.45) is 1.66. The molecule has 0 atom stereocenters. The van der Waals surface area contributed by atoms with Crippen molar-refractivity contribution >= 4 is 28.3 Å². The Hall–Kier alpha value is -4.20. The Morgan fingerprint density at radius 2 is 1.79 bits per heavy atom.